The topological polar surface area (TPSA) is 72.2 Å². The lowest BCUT2D eigenvalue weighted by atomic mass is 10.0. The Bertz CT molecular complexity index is 513. The SMILES string of the molecule is CC(C)c1cccc(S(=O)(=O)NC(C)(C)CN)c1.Cl. The fraction of sp³-hybridized carbons (Fsp3) is 0.538. The molecule has 0 aliphatic heterocycles. The molecule has 0 amide bonds. The Morgan fingerprint density at radius 2 is 1.89 bits per heavy atom. The van der Waals surface area contributed by atoms with Crippen molar-refractivity contribution in [2.45, 2.75) is 44.0 Å². The van der Waals surface area contributed by atoms with E-state index in [1.54, 1.807) is 32.0 Å². The minimum atomic E-state index is -3.52. The third-order valence-electron chi connectivity index (χ3n) is 2.76. The molecule has 0 aliphatic carbocycles. The van der Waals surface area contributed by atoms with Gasteiger partial charge in [-0.1, -0.05) is 26.0 Å². The number of sulfonamides is 1. The van der Waals surface area contributed by atoms with Gasteiger partial charge in [0, 0.05) is 12.1 Å². The first-order valence-electron chi connectivity index (χ1n) is 6.02. The smallest absolute Gasteiger partial charge is 0.241 e. The van der Waals surface area contributed by atoms with Gasteiger partial charge in [0.2, 0.25) is 10.0 Å². The van der Waals surface area contributed by atoms with E-state index in [-0.39, 0.29) is 23.8 Å². The van der Waals surface area contributed by atoms with E-state index >= 15 is 0 Å². The van der Waals surface area contributed by atoms with Gasteiger partial charge < -0.3 is 5.73 Å². The lowest BCUT2D eigenvalue weighted by Crippen LogP contribution is -2.48. The molecule has 4 nitrogen and oxygen atoms in total. The molecule has 0 atom stereocenters. The average Bonchev–Trinajstić information content (AvgIpc) is 2.28. The van der Waals surface area contributed by atoms with Gasteiger partial charge in [0.15, 0.2) is 0 Å². The summed E-state index contributed by atoms with van der Waals surface area (Å²) in [7, 11) is -3.52. The van der Waals surface area contributed by atoms with Crippen molar-refractivity contribution < 1.29 is 8.42 Å². The van der Waals surface area contributed by atoms with Crippen molar-refractivity contribution in [3.05, 3.63) is 29.8 Å². The molecule has 0 radical (unpaired) electrons. The van der Waals surface area contributed by atoms with Crippen LogP contribution in [0.3, 0.4) is 0 Å². The second-order valence-electron chi connectivity index (χ2n) is 5.42. The van der Waals surface area contributed by atoms with Crippen LogP contribution >= 0.6 is 12.4 Å². The number of hydrogen-bond acceptors (Lipinski definition) is 3. The minimum Gasteiger partial charge on any atom is -0.329 e. The van der Waals surface area contributed by atoms with E-state index in [0.29, 0.717) is 5.92 Å². The van der Waals surface area contributed by atoms with Crippen molar-refractivity contribution in [1.29, 1.82) is 0 Å². The van der Waals surface area contributed by atoms with Crippen molar-refractivity contribution in [3.8, 4) is 0 Å². The van der Waals surface area contributed by atoms with Gasteiger partial charge in [-0.05, 0) is 37.5 Å². The highest BCUT2D eigenvalue weighted by molar-refractivity contribution is 7.89. The summed E-state index contributed by atoms with van der Waals surface area (Å²) in [6.45, 7) is 7.83. The zero-order chi connectivity index (χ0) is 14.0. The number of rotatable bonds is 5. The Kier molecular flexibility index (Phi) is 6.48. The highest BCUT2D eigenvalue weighted by Gasteiger charge is 2.25. The molecule has 6 heteroatoms. The second-order valence-corrected chi connectivity index (χ2v) is 7.10. The van der Waals surface area contributed by atoms with E-state index in [1.807, 2.05) is 19.9 Å². The van der Waals surface area contributed by atoms with Gasteiger partial charge in [0.05, 0.1) is 4.90 Å². The van der Waals surface area contributed by atoms with Crippen LogP contribution in [0.15, 0.2) is 29.2 Å². The molecule has 0 bridgehead atoms. The predicted octanol–water partition coefficient (Wildman–Crippen LogP) is 2.25. The van der Waals surface area contributed by atoms with Crippen LogP contribution < -0.4 is 10.5 Å². The number of halogens is 1. The summed E-state index contributed by atoms with van der Waals surface area (Å²) in [6.07, 6.45) is 0. The molecule has 0 fully saturated rings. The van der Waals surface area contributed by atoms with E-state index in [0.717, 1.165) is 5.56 Å². The molecule has 1 aromatic rings. The Morgan fingerprint density at radius 1 is 1.32 bits per heavy atom. The van der Waals surface area contributed by atoms with Crippen LogP contribution in [-0.4, -0.2) is 20.5 Å². The van der Waals surface area contributed by atoms with Crippen LogP contribution in [0.2, 0.25) is 0 Å². The monoisotopic (exact) mass is 306 g/mol. The van der Waals surface area contributed by atoms with Gasteiger partial charge in [0.1, 0.15) is 0 Å². The largest absolute Gasteiger partial charge is 0.329 e. The summed E-state index contributed by atoms with van der Waals surface area (Å²) >= 11 is 0. The highest BCUT2D eigenvalue weighted by Crippen LogP contribution is 2.19. The molecule has 110 valence electrons. The van der Waals surface area contributed by atoms with Gasteiger partial charge >= 0.3 is 0 Å². The molecule has 0 heterocycles. The summed E-state index contributed by atoms with van der Waals surface area (Å²) < 4.78 is 27.0. The van der Waals surface area contributed by atoms with E-state index < -0.39 is 15.6 Å². The summed E-state index contributed by atoms with van der Waals surface area (Å²) in [4.78, 5) is 0.287. The number of nitrogens with one attached hydrogen (secondary N) is 1. The van der Waals surface area contributed by atoms with Crippen molar-refractivity contribution in [2.75, 3.05) is 6.54 Å². The standard InChI is InChI=1S/C13H22N2O2S.ClH/c1-10(2)11-6-5-7-12(8-11)18(16,17)15-13(3,4)9-14;/h5-8,10,15H,9,14H2,1-4H3;1H. The van der Waals surface area contributed by atoms with E-state index in [4.69, 9.17) is 5.73 Å². The molecule has 0 saturated carbocycles. The summed E-state index contributed by atoms with van der Waals surface area (Å²) in [5.41, 5.74) is 5.90. The van der Waals surface area contributed by atoms with Gasteiger partial charge in [-0.15, -0.1) is 12.4 Å². The Labute approximate surface area is 122 Å². The van der Waals surface area contributed by atoms with E-state index in [9.17, 15) is 8.42 Å². The zero-order valence-corrected chi connectivity index (χ0v) is 13.4. The zero-order valence-electron chi connectivity index (χ0n) is 11.8. The molecule has 0 aromatic heterocycles. The molecule has 0 aliphatic rings. The fourth-order valence-electron chi connectivity index (χ4n) is 1.51. The molecular formula is C13H23ClN2O2S. The highest BCUT2D eigenvalue weighted by atomic mass is 35.5. The molecule has 19 heavy (non-hydrogen) atoms. The van der Waals surface area contributed by atoms with Gasteiger partial charge in [-0.3, -0.25) is 0 Å². The van der Waals surface area contributed by atoms with Crippen LogP contribution in [0.5, 0.6) is 0 Å². The third kappa shape index (κ3) is 5.10. The van der Waals surface area contributed by atoms with Crippen molar-refractivity contribution in [2.24, 2.45) is 5.73 Å². The molecule has 3 N–H and O–H groups in total. The summed E-state index contributed by atoms with van der Waals surface area (Å²) in [6, 6.07) is 7.00. The van der Waals surface area contributed by atoms with Gasteiger partial charge in [-0.25, -0.2) is 13.1 Å². The fourth-order valence-corrected chi connectivity index (χ4v) is 2.98. The predicted molar refractivity (Wildman–Crippen MR) is 81.2 cm³/mol. The van der Waals surface area contributed by atoms with E-state index in [2.05, 4.69) is 4.72 Å². The third-order valence-corrected chi connectivity index (χ3v) is 4.45. The van der Waals surface area contributed by atoms with Gasteiger partial charge in [-0.2, -0.15) is 0 Å². The first-order valence-corrected chi connectivity index (χ1v) is 7.50. The van der Waals surface area contributed by atoms with Crippen LogP contribution in [0.1, 0.15) is 39.2 Å². The number of hydrogen-bond donors (Lipinski definition) is 2. The lowest BCUT2D eigenvalue weighted by molar-refractivity contribution is 0.462. The maximum atomic E-state index is 12.2. The van der Waals surface area contributed by atoms with Crippen molar-refractivity contribution >= 4 is 22.4 Å². The van der Waals surface area contributed by atoms with Crippen LogP contribution in [0.25, 0.3) is 0 Å². The molecule has 1 rings (SSSR count). The molecular weight excluding hydrogens is 284 g/mol. The Hall–Kier alpha value is -0.620. The lowest BCUT2D eigenvalue weighted by Gasteiger charge is -2.24. The molecule has 0 unspecified atom stereocenters. The Morgan fingerprint density at radius 3 is 2.37 bits per heavy atom. The molecule has 0 saturated heterocycles. The summed E-state index contributed by atoms with van der Waals surface area (Å²) in [5.74, 6) is 0.294. The average molecular weight is 307 g/mol. The normalized spacial score (nSPS) is 12.3. The Balaban J connectivity index is 0.00000324. The van der Waals surface area contributed by atoms with E-state index in [1.165, 1.54) is 0 Å². The van der Waals surface area contributed by atoms with Crippen LogP contribution in [0.4, 0.5) is 0 Å². The maximum Gasteiger partial charge on any atom is 0.241 e. The van der Waals surface area contributed by atoms with Crippen LogP contribution in [0, 0.1) is 0 Å². The number of nitrogens with two attached hydrogens (primary N) is 1. The first kappa shape index (κ1) is 18.4. The summed E-state index contributed by atoms with van der Waals surface area (Å²) in [5, 5.41) is 0. The maximum absolute atomic E-state index is 12.2. The molecule has 1 aromatic carbocycles. The quantitative estimate of drug-likeness (QED) is 0.876. The van der Waals surface area contributed by atoms with Crippen molar-refractivity contribution in [3.63, 3.8) is 0 Å². The van der Waals surface area contributed by atoms with Crippen LogP contribution in [-0.2, 0) is 10.0 Å². The molecule has 0 spiro atoms. The minimum absolute atomic E-state index is 0. The van der Waals surface area contributed by atoms with Crippen molar-refractivity contribution in [1.82, 2.24) is 4.72 Å². The first-order chi connectivity index (χ1) is 8.18. The second kappa shape index (κ2) is 6.70. The number of benzene rings is 1. The van der Waals surface area contributed by atoms with Gasteiger partial charge in [0.25, 0.3) is 0 Å².